The number of ether oxygens (including phenoxy) is 1. The molecule has 0 amide bonds. The Morgan fingerprint density at radius 1 is 1.33 bits per heavy atom. The minimum Gasteiger partial charge on any atom is -0.478 e. The molecule has 0 spiro atoms. The van der Waals surface area contributed by atoms with E-state index in [1.54, 1.807) is 0 Å². The van der Waals surface area contributed by atoms with Gasteiger partial charge in [-0.1, -0.05) is 26.7 Å². The summed E-state index contributed by atoms with van der Waals surface area (Å²) in [6.45, 7) is 4.49. The minimum atomic E-state index is -1.15. The molecule has 0 aromatic carbocycles. The summed E-state index contributed by atoms with van der Waals surface area (Å²) in [4.78, 5) is 21.1. The van der Waals surface area contributed by atoms with Gasteiger partial charge in [-0.2, -0.15) is 0 Å². The van der Waals surface area contributed by atoms with Crippen molar-refractivity contribution in [2.45, 2.75) is 33.1 Å². The van der Waals surface area contributed by atoms with Crippen molar-refractivity contribution in [3.8, 4) is 0 Å². The summed E-state index contributed by atoms with van der Waals surface area (Å²) in [5, 5.41) is 8.28. The van der Waals surface area contributed by atoms with Gasteiger partial charge in [0.15, 0.2) is 0 Å². The Balaban J connectivity index is 3.82. The zero-order valence-corrected chi connectivity index (χ0v) is 9.23. The zero-order chi connectivity index (χ0) is 11.7. The van der Waals surface area contributed by atoms with E-state index < -0.39 is 11.9 Å². The molecule has 4 nitrogen and oxygen atoms in total. The number of hydrogen-bond acceptors (Lipinski definition) is 3. The maximum Gasteiger partial charge on any atom is 0.331 e. The summed E-state index contributed by atoms with van der Waals surface area (Å²) in [6, 6.07) is 0. The van der Waals surface area contributed by atoms with Gasteiger partial charge >= 0.3 is 11.9 Å². The molecule has 0 bridgehead atoms. The van der Waals surface area contributed by atoms with E-state index in [0.717, 1.165) is 31.4 Å². The molecule has 0 aliphatic heterocycles. The van der Waals surface area contributed by atoms with E-state index in [-0.39, 0.29) is 0 Å². The van der Waals surface area contributed by atoms with Gasteiger partial charge in [-0.3, -0.25) is 0 Å². The van der Waals surface area contributed by atoms with E-state index in [4.69, 9.17) is 9.84 Å². The van der Waals surface area contributed by atoms with Gasteiger partial charge in [-0.05, 0) is 12.3 Å². The topological polar surface area (TPSA) is 63.6 Å². The first kappa shape index (κ1) is 13.7. The molecule has 15 heavy (non-hydrogen) atoms. The highest BCUT2D eigenvalue weighted by atomic mass is 16.5. The molecule has 0 aromatic heterocycles. The fraction of sp³-hybridized carbons (Fsp3) is 0.636. The van der Waals surface area contributed by atoms with Gasteiger partial charge in [0.2, 0.25) is 0 Å². The lowest BCUT2D eigenvalue weighted by atomic mass is 10.0. The average molecular weight is 214 g/mol. The van der Waals surface area contributed by atoms with Crippen molar-refractivity contribution in [3.05, 3.63) is 12.2 Å². The molecule has 0 heterocycles. The van der Waals surface area contributed by atoms with Crippen LogP contribution in [-0.2, 0) is 14.3 Å². The molecule has 0 aromatic rings. The van der Waals surface area contributed by atoms with E-state index in [0.29, 0.717) is 12.5 Å². The molecule has 0 fully saturated rings. The second-order valence-electron chi connectivity index (χ2n) is 3.36. The second kappa shape index (κ2) is 8.03. The van der Waals surface area contributed by atoms with Crippen LogP contribution in [0.15, 0.2) is 12.2 Å². The molecule has 0 radical (unpaired) electrons. The molecule has 0 rings (SSSR count). The number of hydrogen-bond donors (Lipinski definition) is 1. The largest absolute Gasteiger partial charge is 0.478 e. The Bertz CT molecular complexity index is 233. The van der Waals surface area contributed by atoms with Crippen LogP contribution in [0.4, 0.5) is 0 Å². The molecule has 1 unspecified atom stereocenters. The van der Waals surface area contributed by atoms with Gasteiger partial charge in [-0.25, -0.2) is 9.59 Å². The van der Waals surface area contributed by atoms with Gasteiger partial charge in [0.1, 0.15) is 0 Å². The molecule has 0 aliphatic carbocycles. The summed E-state index contributed by atoms with van der Waals surface area (Å²) in [5.41, 5.74) is 0. The number of carboxylic acids is 1. The van der Waals surface area contributed by atoms with Gasteiger partial charge in [0, 0.05) is 12.2 Å². The monoisotopic (exact) mass is 214 g/mol. The van der Waals surface area contributed by atoms with Crippen LogP contribution in [0.2, 0.25) is 0 Å². The third-order valence-electron chi connectivity index (χ3n) is 2.10. The lowest BCUT2D eigenvalue weighted by molar-refractivity contribution is -0.140. The average Bonchev–Trinajstić information content (AvgIpc) is 2.21. The lowest BCUT2D eigenvalue weighted by Gasteiger charge is -2.12. The molecule has 4 heteroatoms. The molecular weight excluding hydrogens is 196 g/mol. The van der Waals surface area contributed by atoms with Crippen molar-refractivity contribution < 1.29 is 19.4 Å². The maximum atomic E-state index is 11.0. The first-order valence-corrected chi connectivity index (χ1v) is 5.17. The Labute approximate surface area is 89.9 Å². The predicted molar refractivity (Wildman–Crippen MR) is 56.4 cm³/mol. The normalized spacial score (nSPS) is 12.7. The van der Waals surface area contributed by atoms with Crippen molar-refractivity contribution in [2.75, 3.05) is 6.61 Å². The molecule has 1 N–H and O–H groups in total. The number of aliphatic carboxylic acids is 1. The van der Waals surface area contributed by atoms with E-state index in [1.807, 2.05) is 6.92 Å². The standard InChI is InChI=1S/C11H18O4/c1-3-5-9(4-2)8-15-11(14)7-6-10(12)13/h6-7,9H,3-5,8H2,1-2H3,(H,12,13)/b7-6-. The molecule has 86 valence electrons. The number of carbonyl (C=O) groups is 2. The van der Waals surface area contributed by atoms with Crippen molar-refractivity contribution in [1.82, 2.24) is 0 Å². The number of esters is 1. The summed E-state index contributed by atoms with van der Waals surface area (Å²) in [6.07, 6.45) is 4.75. The zero-order valence-electron chi connectivity index (χ0n) is 9.23. The Morgan fingerprint density at radius 2 is 2.00 bits per heavy atom. The van der Waals surface area contributed by atoms with Crippen LogP contribution in [0.3, 0.4) is 0 Å². The van der Waals surface area contributed by atoms with Gasteiger partial charge in [0.05, 0.1) is 6.61 Å². The van der Waals surface area contributed by atoms with Gasteiger partial charge in [0.25, 0.3) is 0 Å². The fourth-order valence-electron chi connectivity index (χ4n) is 1.20. The number of rotatable bonds is 7. The summed E-state index contributed by atoms with van der Waals surface area (Å²) in [7, 11) is 0. The predicted octanol–water partition coefficient (Wildman–Crippen LogP) is 2.00. The van der Waals surface area contributed by atoms with Crippen molar-refractivity contribution in [3.63, 3.8) is 0 Å². The smallest absolute Gasteiger partial charge is 0.331 e. The first-order chi connectivity index (χ1) is 7.10. The first-order valence-electron chi connectivity index (χ1n) is 5.17. The Morgan fingerprint density at radius 3 is 2.47 bits per heavy atom. The SMILES string of the molecule is CCCC(CC)COC(=O)/C=C\C(=O)O. The molecule has 0 saturated heterocycles. The molecule has 0 saturated carbocycles. The summed E-state index contributed by atoms with van der Waals surface area (Å²) >= 11 is 0. The highest BCUT2D eigenvalue weighted by Crippen LogP contribution is 2.10. The van der Waals surface area contributed by atoms with Crippen LogP contribution in [0.25, 0.3) is 0 Å². The third-order valence-corrected chi connectivity index (χ3v) is 2.10. The van der Waals surface area contributed by atoms with E-state index in [2.05, 4.69) is 6.92 Å². The number of carboxylic acid groups (broad SMARTS) is 1. The van der Waals surface area contributed by atoms with Crippen LogP contribution >= 0.6 is 0 Å². The van der Waals surface area contributed by atoms with Crippen LogP contribution in [0.1, 0.15) is 33.1 Å². The lowest BCUT2D eigenvalue weighted by Crippen LogP contribution is -2.12. The minimum absolute atomic E-state index is 0.368. The van der Waals surface area contributed by atoms with Crippen LogP contribution in [0.5, 0.6) is 0 Å². The van der Waals surface area contributed by atoms with Crippen LogP contribution in [0, 0.1) is 5.92 Å². The highest BCUT2D eigenvalue weighted by molar-refractivity contribution is 5.90. The number of carbonyl (C=O) groups excluding carboxylic acids is 1. The van der Waals surface area contributed by atoms with Crippen LogP contribution in [-0.4, -0.2) is 23.7 Å². The Hall–Kier alpha value is -1.32. The molecule has 1 atom stereocenters. The summed E-state index contributed by atoms with van der Waals surface area (Å²) in [5.74, 6) is -1.36. The molecular formula is C11H18O4. The van der Waals surface area contributed by atoms with E-state index >= 15 is 0 Å². The highest BCUT2D eigenvalue weighted by Gasteiger charge is 2.07. The quantitative estimate of drug-likeness (QED) is 0.520. The summed E-state index contributed by atoms with van der Waals surface area (Å²) < 4.78 is 4.91. The van der Waals surface area contributed by atoms with Crippen molar-refractivity contribution >= 4 is 11.9 Å². The maximum absolute atomic E-state index is 11.0. The van der Waals surface area contributed by atoms with Crippen molar-refractivity contribution in [1.29, 1.82) is 0 Å². The van der Waals surface area contributed by atoms with Crippen LogP contribution < -0.4 is 0 Å². The molecule has 0 aliphatic rings. The Kier molecular flexibility index (Phi) is 7.32. The van der Waals surface area contributed by atoms with E-state index in [9.17, 15) is 9.59 Å². The van der Waals surface area contributed by atoms with Crippen molar-refractivity contribution in [2.24, 2.45) is 5.92 Å². The third kappa shape index (κ3) is 7.73. The van der Waals surface area contributed by atoms with Gasteiger partial charge < -0.3 is 9.84 Å². The second-order valence-corrected chi connectivity index (χ2v) is 3.36. The van der Waals surface area contributed by atoms with Gasteiger partial charge in [-0.15, -0.1) is 0 Å². The fourth-order valence-corrected chi connectivity index (χ4v) is 1.20. The van der Waals surface area contributed by atoms with E-state index in [1.165, 1.54) is 0 Å².